The van der Waals surface area contributed by atoms with Gasteiger partial charge in [0.2, 0.25) is 0 Å². The molecule has 0 atom stereocenters. The summed E-state index contributed by atoms with van der Waals surface area (Å²) >= 11 is 6.16. The smallest absolute Gasteiger partial charge is 0.338 e. The van der Waals surface area contributed by atoms with E-state index in [1.54, 1.807) is 18.2 Å². The third-order valence-electron chi connectivity index (χ3n) is 4.17. The summed E-state index contributed by atoms with van der Waals surface area (Å²) < 4.78 is 39.3. The summed E-state index contributed by atoms with van der Waals surface area (Å²) in [5.41, 5.74) is 0.796. The average Bonchev–Trinajstić information content (AvgIpc) is 2.99. The number of hydrogen-bond acceptors (Lipinski definition) is 5. The van der Waals surface area contributed by atoms with Crippen molar-refractivity contribution in [3.63, 3.8) is 0 Å². The van der Waals surface area contributed by atoms with Gasteiger partial charge >= 0.3 is 5.97 Å². The van der Waals surface area contributed by atoms with E-state index >= 15 is 4.39 Å². The third-order valence-corrected chi connectivity index (χ3v) is 5.41. The fourth-order valence-electron chi connectivity index (χ4n) is 2.75. The van der Waals surface area contributed by atoms with Crippen LogP contribution in [-0.4, -0.2) is 41.1 Å². The zero-order valence-corrected chi connectivity index (χ0v) is 16.6. The minimum atomic E-state index is -3.25. The maximum absolute atomic E-state index is 15.1. The maximum atomic E-state index is 15.1. The number of hydrogen-bond donors (Lipinski definition) is 2. The molecule has 148 valence electrons. The first-order chi connectivity index (χ1) is 13.1. The molecule has 0 saturated heterocycles. The number of nitrogens with one attached hydrogen (secondary N) is 1. The van der Waals surface area contributed by atoms with Crippen LogP contribution in [0.25, 0.3) is 11.0 Å². The molecule has 3 rings (SSSR count). The molecular formula is C18H17ClFN3O4S. The van der Waals surface area contributed by atoms with E-state index in [0.29, 0.717) is 10.7 Å². The summed E-state index contributed by atoms with van der Waals surface area (Å²) in [6.07, 6.45) is 2.37. The highest BCUT2D eigenvalue weighted by atomic mass is 35.5. The minimum Gasteiger partial charge on any atom is -0.478 e. The number of carboxylic acids is 1. The molecular weight excluding hydrogens is 409 g/mol. The van der Waals surface area contributed by atoms with Gasteiger partial charge in [0, 0.05) is 12.8 Å². The van der Waals surface area contributed by atoms with Crippen molar-refractivity contribution in [2.45, 2.75) is 13.5 Å². The van der Waals surface area contributed by atoms with E-state index in [1.165, 1.54) is 17.0 Å². The van der Waals surface area contributed by atoms with Crippen molar-refractivity contribution in [2.24, 2.45) is 0 Å². The topological polar surface area (TPSA) is 101 Å². The van der Waals surface area contributed by atoms with E-state index in [-0.39, 0.29) is 34.6 Å². The number of aromatic nitrogens is 2. The van der Waals surface area contributed by atoms with Gasteiger partial charge in [0.1, 0.15) is 15.4 Å². The Bertz CT molecular complexity index is 1190. The highest BCUT2D eigenvalue weighted by Crippen LogP contribution is 2.33. The monoisotopic (exact) mass is 425 g/mol. The van der Waals surface area contributed by atoms with Gasteiger partial charge < -0.3 is 15.0 Å². The first-order valence-corrected chi connectivity index (χ1v) is 10.6. The summed E-state index contributed by atoms with van der Waals surface area (Å²) in [7, 11) is -3.25. The van der Waals surface area contributed by atoms with Crippen LogP contribution in [0.2, 0.25) is 5.02 Å². The molecule has 2 N–H and O–H groups in total. The number of anilines is 2. The van der Waals surface area contributed by atoms with Crippen molar-refractivity contribution in [1.82, 2.24) is 9.55 Å². The Morgan fingerprint density at radius 3 is 2.68 bits per heavy atom. The Labute approximate surface area is 165 Å². The maximum Gasteiger partial charge on any atom is 0.338 e. The fraction of sp³-hybridized carbons (Fsp3) is 0.222. The van der Waals surface area contributed by atoms with Gasteiger partial charge in [-0.15, -0.1) is 0 Å². The molecule has 0 radical (unpaired) electrons. The van der Waals surface area contributed by atoms with Crippen LogP contribution in [0.4, 0.5) is 15.8 Å². The molecule has 3 aromatic rings. The average molecular weight is 426 g/mol. The van der Waals surface area contributed by atoms with E-state index in [9.17, 15) is 18.3 Å². The first kappa shape index (κ1) is 20.1. The van der Waals surface area contributed by atoms with Crippen LogP contribution in [0.3, 0.4) is 0 Å². The molecule has 28 heavy (non-hydrogen) atoms. The summed E-state index contributed by atoms with van der Waals surface area (Å²) in [6, 6.07) is 6.31. The summed E-state index contributed by atoms with van der Waals surface area (Å²) in [5, 5.41) is 12.6. The van der Waals surface area contributed by atoms with Gasteiger partial charge in [-0.25, -0.2) is 22.6 Å². The number of aromatic carboxylic acids is 1. The second-order valence-corrected chi connectivity index (χ2v) is 9.13. The van der Waals surface area contributed by atoms with Crippen LogP contribution in [0.15, 0.2) is 30.6 Å². The van der Waals surface area contributed by atoms with E-state index < -0.39 is 21.6 Å². The molecule has 0 aliphatic rings. The molecule has 0 saturated carbocycles. The largest absolute Gasteiger partial charge is 0.478 e. The number of rotatable bonds is 6. The quantitative estimate of drug-likeness (QED) is 0.625. The Morgan fingerprint density at radius 2 is 2.07 bits per heavy atom. The molecule has 2 aromatic carbocycles. The molecule has 7 nitrogen and oxygen atoms in total. The molecule has 0 aliphatic carbocycles. The van der Waals surface area contributed by atoms with Gasteiger partial charge in [-0.3, -0.25) is 0 Å². The molecule has 1 heterocycles. The predicted octanol–water partition coefficient (Wildman–Crippen LogP) is 3.62. The lowest BCUT2D eigenvalue weighted by Gasteiger charge is -2.14. The lowest BCUT2D eigenvalue weighted by molar-refractivity contribution is 0.0697. The van der Waals surface area contributed by atoms with Crippen LogP contribution < -0.4 is 5.32 Å². The molecule has 0 spiro atoms. The highest BCUT2D eigenvalue weighted by Gasteiger charge is 2.22. The van der Waals surface area contributed by atoms with Crippen molar-refractivity contribution in [3.8, 4) is 0 Å². The van der Waals surface area contributed by atoms with Crippen molar-refractivity contribution < 1.29 is 22.7 Å². The van der Waals surface area contributed by atoms with Crippen molar-refractivity contribution in [2.75, 3.05) is 17.3 Å². The first-order valence-electron chi connectivity index (χ1n) is 8.18. The van der Waals surface area contributed by atoms with Crippen LogP contribution in [0.5, 0.6) is 0 Å². The fourth-order valence-corrected chi connectivity index (χ4v) is 3.56. The summed E-state index contributed by atoms with van der Waals surface area (Å²) in [5.74, 6) is -2.38. The Balaban J connectivity index is 2.11. The van der Waals surface area contributed by atoms with Gasteiger partial charge in [0.25, 0.3) is 0 Å². The SMILES string of the molecule is Cc1ccc(Nc2c(C(=O)O)cc3c(ncn3CCS(C)(=O)=O)c2F)c(Cl)c1. The molecule has 0 amide bonds. The molecule has 1 aromatic heterocycles. The zero-order valence-electron chi connectivity index (χ0n) is 15.0. The van der Waals surface area contributed by atoms with Gasteiger partial charge in [-0.2, -0.15) is 0 Å². The van der Waals surface area contributed by atoms with Crippen LogP contribution >= 0.6 is 11.6 Å². The van der Waals surface area contributed by atoms with Gasteiger partial charge in [-0.05, 0) is 30.7 Å². The predicted molar refractivity (Wildman–Crippen MR) is 106 cm³/mol. The molecule has 0 aliphatic heterocycles. The Morgan fingerprint density at radius 1 is 1.36 bits per heavy atom. The lowest BCUT2D eigenvalue weighted by Crippen LogP contribution is -2.11. The number of sulfone groups is 1. The second kappa shape index (κ2) is 7.40. The Hall–Kier alpha value is -2.65. The van der Waals surface area contributed by atoms with E-state index in [4.69, 9.17) is 11.6 Å². The van der Waals surface area contributed by atoms with Gasteiger partial charge in [-0.1, -0.05) is 17.7 Å². The normalized spacial score (nSPS) is 11.7. The standard InChI is InChI=1S/C18H17ClFN3O4S/c1-10-3-4-13(12(19)7-10)22-16-11(18(24)25)8-14-17(15(16)20)21-9-23(14)5-6-28(2,26)27/h3-4,7-9,22H,5-6H2,1-2H3,(H,24,25). The molecule has 0 fully saturated rings. The number of carbonyl (C=O) groups is 1. The second-order valence-electron chi connectivity index (χ2n) is 6.46. The van der Waals surface area contributed by atoms with E-state index in [1.807, 2.05) is 6.92 Å². The lowest BCUT2D eigenvalue weighted by atomic mass is 10.1. The number of imidazole rings is 1. The highest BCUT2D eigenvalue weighted by molar-refractivity contribution is 7.90. The summed E-state index contributed by atoms with van der Waals surface area (Å²) in [6.45, 7) is 1.87. The van der Waals surface area contributed by atoms with Crippen LogP contribution in [0.1, 0.15) is 15.9 Å². The van der Waals surface area contributed by atoms with Crippen molar-refractivity contribution in [1.29, 1.82) is 0 Å². The Kier molecular flexibility index (Phi) is 5.31. The van der Waals surface area contributed by atoms with Crippen LogP contribution in [0, 0.1) is 12.7 Å². The number of carboxylic acid groups (broad SMARTS) is 1. The van der Waals surface area contributed by atoms with Crippen molar-refractivity contribution >= 4 is 49.8 Å². The third kappa shape index (κ3) is 4.10. The molecule has 10 heteroatoms. The number of halogens is 2. The van der Waals surface area contributed by atoms with E-state index in [2.05, 4.69) is 10.3 Å². The molecule has 0 bridgehead atoms. The van der Waals surface area contributed by atoms with Gasteiger partial charge in [0.05, 0.1) is 39.6 Å². The molecule has 0 unspecified atom stereocenters. The van der Waals surface area contributed by atoms with Gasteiger partial charge in [0.15, 0.2) is 5.82 Å². The van der Waals surface area contributed by atoms with Crippen LogP contribution in [-0.2, 0) is 16.4 Å². The minimum absolute atomic E-state index is 0.0321. The van der Waals surface area contributed by atoms with Crippen molar-refractivity contribution in [3.05, 3.63) is 52.6 Å². The number of nitrogens with zero attached hydrogens (tertiary/aromatic N) is 2. The zero-order chi connectivity index (χ0) is 20.6. The summed E-state index contributed by atoms with van der Waals surface area (Å²) in [4.78, 5) is 15.7. The van der Waals surface area contributed by atoms with E-state index in [0.717, 1.165) is 11.8 Å². The number of aryl methyl sites for hydroxylation is 2. The number of fused-ring (bicyclic) bond motifs is 1. The number of benzene rings is 2.